The first-order valence-electron chi connectivity index (χ1n) is 6.49. The first-order chi connectivity index (χ1) is 9.65. The van der Waals surface area contributed by atoms with Crippen LogP contribution in [0.5, 0.6) is 0 Å². The lowest BCUT2D eigenvalue weighted by atomic mass is 10.2. The zero-order valence-corrected chi connectivity index (χ0v) is 13.5. The van der Waals surface area contributed by atoms with Gasteiger partial charge in [0.05, 0.1) is 37.5 Å². The van der Waals surface area contributed by atoms with Crippen LogP contribution in [-0.2, 0) is 14.2 Å². The van der Waals surface area contributed by atoms with Crippen molar-refractivity contribution in [3.8, 4) is 0 Å². The van der Waals surface area contributed by atoms with Crippen LogP contribution >= 0.6 is 15.9 Å². The molecule has 0 fully saturated rings. The number of methoxy groups -OCH3 is 1. The average Bonchev–Trinajstić information content (AvgIpc) is 2.42. The second-order valence-electron chi connectivity index (χ2n) is 4.23. The smallest absolute Gasteiger partial charge is 0.137 e. The van der Waals surface area contributed by atoms with Crippen LogP contribution in [0.15, 0.2) is 16.6 Å². The number of benzene rings is 1. The molecule has 0 amide bonds. The number of aryl methyl sites for hydroxylation is 1. The maximum atomic E-state index is 13.3. The van der Waals surface area contributed by atoms with E-state index in [1.165, 1.54) is 6.07 Å². The van der Waals surface area contributed by atoms with Gasteiger partial charge in [0, 0.05) is 19.3 Å². The summed E-state index contributed by atoms with van der Waals surface area (Å²) in [5.74, 6) is -0.252. The summed E-state index contributed by atoms with van der Waals surface area (Å²) < 4.78 is 29.3. The molecule has 6 heteroatoms. The van der Waals surface area contributed by atoms with Gasteiger partial charge in [0.25, 0.3) is 0 Å². The van der Waals surface area contributed by atoms with E-state index in [4.69, 9.17) is 14.2 Å². The fourth-order valence-corrected chi connectivity index (χ4v) is 1.90. The molecule has 20 heavy (non-hydrogen) atoms. The van der Waals surface area contributed by atoms with Crippen LogP contribution in [-0.4, -0.2) is 46.7 Å². The predicted molar refractivity (Wildman–Crippen MR) is 80.8 cm³/mol. The highest BCUT2D eigenvalue weighted by atomic mass is 79.9. The summed E-state index contributed by atoms with van der Waals surface area (Å²) in [4.78, 5) is 0. The van der Waals surface area contributed by atoms with Gasteiger partial charge in [-0.25, -0.2) is 4.39 Å². The van der Waals surface area contributed by atoms with Gasteiger partial charge in [-0.15, -0.1) is 0 Å². The van der Waals surface area contributed by atoms with Crippen molar-refractivity contribution in [1.82, 2.24) is 0 Å². The van der Waals surface area contributed by atoms with Crippen molar-refractivity contribution in [3.63, 3.8) is 0 Å². The Balaban J connectivity index is 2.11. The molecule has 1 rings (SSSR count). The fourth-order valence-electron chi connectivity index (χ4n) is 1.56. The summed E-state index contributed by atoms with van der Waals surface area (Å²) in [5.41, 5.74) is 1.77. The van der Waals surface area contributed by atoms with Crippen LogP contribution in [0.1, 0.15) is 5.56 Å². The molecule has 0 saturated carbocycles. The summed E-state index contributed by atoms with van der Waals surface area (Å²) in [7, 11) is 1.64. The van der Waals surface area contributed by atoms with E-state index in [9.17, 15) is 4.39 Å². The topological polar surface area (TPSA) is 39.7 Å². The molecule has 4 nitrogen and oxygen atoms in total. The third-order valence-electron chi connectivity index (χ3n) is 2.63. The highest BCUT2D eigenvalue weighted by Gasteiger charge is 2.04. The molecule has 0 heterocycles. The Kier molecular flexibility index (Phi) is 8.77. The molecule has 0 saturated heterocycles. The Morgan fingerprint density at radius 3 is 2.45 bits per heavy atom. The fraction of sp³-hybridized carbons (Fsp3) is 0.571. The van der Waals surface area contributed by atoms with E-state index >= 15 is 0 Å². The number of hydrogen-bond acceptors (Lipinski definition) is 4. The maximum absolute atomic E-state index is 13.3. The van der Waals surface area contributed by atoms with Gasteiger partial charge >= 0.3 is 0 Å². The van der Waals surface area contributed by atoms with Crippen LogP contribution < -0.4 is 5.32 Å². The minimum Gasteiger partial charge on any atom is -0.382 e. The zero-order valence-electron chi connectivity index (χ0n) is 11.9. The number of nitrogens with one attached hydrogen (secondary N) is 1. The Bertz CT molecular complexity index is 404. The first-order valence-corrected chi connectivity index (χ1v) is 7.28. The van der Waals surface area contributed by atoms with E-state index in [0.29, 0.717) is 44.1 Å². The highest BCUT2D eigenvalue weighted by Crippen LogP contribution is 2.23. The monoisotopic (exact) mass is 349 g/mol. The van der Waals surface area contributed by atoms with E-state index in [1.807, 2.05) is 6.92 Å². The number of hydrogen-bond donors (Lipinski definition) is 1. The summed E-state index contributed by atoms with van der Waals surface area (Å²) in [6, 6.07) is 3.23. The van der Waals surface area contributed by atoms with Crippen molar-refractivity contribution in [2.45, 2.75) is 6.92 Å². The molecule has 0 aliphatic rings. The maximum Gasteiger partial charge on any atom is 0.137 e. The molecular weight excluding hydrogens is 329 g/mol. The van der Waals surface area contributed by atoms with E-state index < -0.39 is 0 Å². The molecule has 0 atom stereocenters. The summed E-state index contributed by atoms with van der Waals surface area (Å²) >= 11 is 3.17. The second-order valence-corrected chi connectivity index (χ2v) is 5.08. The lowest BCUT2D eigenvalue weighted by Gasteiger charge is -2.11. The van der Waals surface area contributed by atoms with Gasteiger partial charge < -0.3 is 19.5 Å². The molecule has 0 spiro atoms. The minimum absolute atomic E-state index is 0.252. The first kappa shape index (κ1) is 17.4. The molecule has 1 N–H and O–H groups in total. The predicted octanol–water partition coefficient (Wildman–Crippen LogP) is 2.99. The van der Waals surface area contributed by atoms with Crippen LogP contribution in [0.25, 0.3) is 0 Å². The second kappa shape index (κ2) is 10.1. The molecule has 0 aliphatic heterocycles. The molecule has 0 radical (unpaired) electrons. The van der Waals surface area contributed by atoms with Crippen LogP contribution in [0.4, 0.5) is 10.1 Å². The van der Waals surface area contributed by atoms with Crippen molar-refractivity contribution in [1.29, 1.82) is 0 Å². The van der Waals surface area contributed by atoms with E-state index in [-0.39, 0.29) is 5.82 Å². The minimum atomic E-state index is -0.252. The molecule has 0 unspecified atom stereocenters. The number of anilines is 1. The molecule has 0 aromatic heterocycles. The normalized spacial score (nSPS) is 10.8. The average molecular weight is 350 g/mol. The molecule has 1 aromatic carbocycles. The molecule has 114 valence electrons. The Morgan fingerprint density at radius 2 is 1.75 bits per heavy atom. The Hall–Kier alpha value is -0.690. The van der Waals surface area contributed by atoms with Crippen LogP contribution in [0.3, 0.4) is 0 Å². The van der Waals surface area contributed by atoms with Crippen molar-refractivity contribution in [2.75, 3.05) is 52.0 Å². The van der Waals surface area contributed by atoms with Gasteiger partial charge in [0.1, 0.15) is 5.82 Å². The van der Waals surface area contributed by atoms with Gasteiger partial charge in [0.2, 0.25) is 0 Å². The lowest BCUT2D eigenvalue weighted by molar-refractivity contribution is 0.0272. The number of rotatable bonds is 10. The third-order valence-corrected chi connectivity index (χ3v) is 3.24. The van der Waals surface area contributed by atoms with Gasteiger partial charge in [-0.05, 0) is 40.5 Å². The largest absolute Gasteiger partial charge is 0.382 e. The summed E-state index contributed by atoms with van der Waals surface area (Å²) in [5, 5.41) is 3.21. The van der Waals surface area contributed by atoms with Crippen molar-refractivity contribution in [3.05, 3.63) is 28.0 Å². The van der Waals surface area contributed by atoms with Crippen molar-refractivity contribution >= 4 is 21.6 Å². The molecule has 0 bridgehead atoms. The van der Waals surface area contributed by atoms with Gasteiger partial charge in [-0.3, -0.25) is 0 Å². The summed E-state index contributed by atoms with van der Waals surface area (Å²) in [6.45, 7) is 5.39. The third kappa shape index (κ3) is 6.65. The Labute approximate surface area is 127 Å². The SMILES string of the molecule is COCCOCCOCCNc1cc(Br)c(F)cc1C. The quantitative estimate of drug-likeness (QED) is 0.659. The van der Waals surface area contributed by atoms with Gasteiger partial charge in [0.15, 0.2) is 0 Å². The molecule has 0 aliphatic carbocycles. The molecule has 1 aromatic rings. The van der Waals surface area contributed by atoms with E-state index in [1.54, 1.807) is 13.2 Å². The van der Waals surface area contributed by atoms with Crippen molar-refractivity contribution < 1.29 is 18.6 Å². The summed E-state index contributed by atoms with van der Waals surface area (Å²) in [6.07, 6.45) is 0. The lowest BCUT2D eigenvalue weighted by Crippen LogP contribution is -2.14. The van der Waals surface area contributed by atoms with Crippen molar-refractivity contribution in [2.24, 2.45) is 0 Å². The zero-order chi connectivity index (χ0) is 14.8. The van der Waals surface area contributed by atoms with Gasteiger partial charge in [-0.1, -0.05) is 0 Å². The molecular formula is C14H21BrFNO3. The van der Waals surface area contributed by atoms with Crippen LogP contribution in [0.2, 0.25) is 0 Å². The van der Waals surface area contributed by atoms with Gasteiger partial charge in [-0.2, -0.15) is 0 Å². The highest BCUT2D eigenvalue weighted by molar-refractivity contribution is 9.10. The Morgan fingerprint density at radius 1 is 1.10 bits per heavy atom. The van der Waals surface area contributed by atoms with E-state index in [2.05, 4.69) is 21.2 Å². The number of halogens is 2. The van der Waals surface area contributed by atoms with Crippen LogP contribution in [0, 0.1) is 12.7 Å². The number of ether oxygens (including phenoxy) is 3. The van der Waals surface area contributed by atoms with E-state index in [0.717, 1.165) is 11.3 Å². The standard InChI is InChI=1S/C14H21BrFNO3/c1-11-9-13(16)12(15)10-14(11)17-3-4-19-7-8-20-6-5-18-2/h9-10,17H,3-8H2,1-2H3.